The van der Waals surface area contributed by atoms with Crippen LogP contribution in [0.5, 0.6) is 0 Å². The molecule has 0 amide bonds. The second-order valence-corrected chi connectivity index (χ2v) is 5.03. The Hall–Kier alpha value is -1.48. The van der Waals surface area contributed by atoms with E-state index in [1.165, 1.54) is 11.4 Å². The van der Waals surface area contributed by atoms with Gasteiger partial charge in [-0.15, -0.1) is 6.58 Å². The number of benzene rings is 1. The highest BCUT2D eigenvalue weighted by molar-refractivity contribution is 5.70. The number of morpholine rings is 1. The summed E-state index contributed by atoms with van der Waals surface area (Å²) < 4.78 is 5.42. The first-order valence-electron chi connectivity index (χ1n) is 7.10. The molecular weight excluding hydrogens is 236 g/mol. The lowest BCUT2D eigenvalue weighted by Gasteiger charge is -2.31. The van der Waals surface area contributed by atoms with E-state index in [1.54, 1.807) is 0 Å². The van der Waals surface area contributed by atoms with Crippen LogP contribution in [0.25, 0.3) is 0 Å². The standard InChI is InChI=1S/C16H24N2O/c1-3-4-7-14(2)17-15-8-5-6-9-16(15)18-10-12-19-13-11-18/h3,5-6,8-9,14,17H,1,4,7,10-13H2,2H3. The fourth-order valence-corrected chi connectivity index (χ4v) is 2.38. The molecule has 0 spiro atoms. The first-order chi connectivity index (χ1) is 9.31. The van der Waals surface area contributed by atoms with Gasteiger partial charge in [0.25, 0.3) is 0 Å². The number of hydrogen-bond donors (Lipinski definition) is 1. The molecule has 1 fully saturated rings. The maximum atomic E-state index is 5.42. The molecule has 0 bridgehead atoms. The smallest absolute Gasteiger partial charge is 0.0642 e. The lowest BCUT2D eigenvalue weighted by Crippen LogP contribution is -2.36. The number of anilines is 2. The van der Waals surface area contributed by atoms with Crippen molar-refractivity contribution >= 4 is 11.4 Å². The molecule has 19 heavy (non-hydrogen) atoms. The van der Waals surface area contributed by atoms with E-state index in [1.807, 2.05) is 6.08 Å². The highest BCUT2D eigenvalue weighted by atomic mass is 16.5. The maximum absolute atomic E-state index is 5.42. The Bertz CT molecular complexity index is 399. The van der Waals surface area contributed by atoms with Gasteiger partial charge in [0.15, 0.2) is 0 Å². The lowest BCUT2D eigenvalue weighted by molar-refractivity contribution is 0.123. The minimum Gasteiger partial charge on any atom is -0.381 e. The topological polar surface area (TPSA) is 24.5 Å². The molecule has 0 aliphatic carbocycles. The van der Waals surface area contributed by atoms with E-state index in [0.29, 0.717) is 6.04 Å². The summed E-state index contributed by atoms with van der Waals surface area (Å²) in [6, 6.07) is 9.00. The quantitative estimate of drug-likeness (QED) is 0.794. The van der Waals surface area contributed by atoms with Gasteiger partial charge < -0.3 is 15.0 Å². The number of hydrogen-bond acceptors (Lipinski definition) is 3. The van der Waals surface area contributed by atoms with Crippen LogP contribution < -0.4 is 10.2 Å². The van der Waals surface area contributed by atoms with E-state index in [-0.39, 0.29) is 0 Å². The Balaban J connectivity index is 2.04. The van der Waals surface area contributed by atoms with Crippen molar-refractivity contribution in [3.63, 3.8) is 0 Å². The summed E-state index contributed by atoms with van der Waals surface area (Å²) in [4.78, 5) is 2.39. The zero-order valence-electron chi connectivity index (χ0n) is 11.8. The molecule has 104 valence electrons. The molecule has 3 nitrogen and oxygen atoms in total. The Morgan fingerprint density at radius 1 is 1.37 bits per heavy atom. The third-order valence-electron chi connectivity index (χ3n) is 3.46. The van der Waals surface area contributed by atoms with Gasteiger partial charge in [-0.1, -0.05) is 18.2 Å². The second kappa shape index (κ2) is 7.19. The number of rotatable bonds is 6. The molecule has 3 heteroatoms. The summed E-state index contributed by atoms with van der Waals surface area (Å²) in [5, 5.41) is 3.61. The third kappa shape index (κ3) is 4.00. The van der Waals surface area contributed by atoms with Crippen LogP contribution in [-0.2, 0) is 4.74 Å². The molecule has 0 radical (unpaired) electrons. The van der Waals surface area contributed by atoms with Gasteiger partial charge in [-0.2, -0.15) is 0 Å². The molecule has 1 aliphatic heterocycles. The predicted molar refractivity (Wildman–Crippen MR) is 82.0 cm³/mol. The molecule has 1 atom stereocenters. The van der Waals surface area contributed by atoms with Gasteiger partial charge in [-0.05, 0) is 31.9 Å². The number of allylic oxidation sites excluding steroid dienone is 1. The normalized spacial score (nSPS) is 17.0. The van der Waals surface area contributed by atoms with Crippen LogP contribution in [-0.4, -0.2) is 32.3 Å². The number of nitrogens with zero attached hydrogens (tertiary/aromatic N) is 1. The van der Waals surface area contributed by atoms with Gasteiger partial charge >= 0.3 is 0 Å². The fourth-order valence-electron chi connectivity index (χ4n) is 2.38. The minimum atomic E-state index is 0.459. The summed E-state index contributed by atoms with van der Waals surface area (Å²) in [5.41, 5.74) is 2.51. The van der Waals surface area contributed by atoms with Crippen LogP contribution >= 0.6 is 0 Å². The molecule has 1 heterocycles. The SMILES string of the molecule is C=CCCC(C)Nc1ccccc1N1CCOCC1. The molecule has 0 aromatic heterocycles. The van der Waals surface area contributed by atoms with Crippen molar-refractivity contribution in [3.05, 3.63) is 36.9 Å². The minimum absolute atomic E-state index is 0.459. The van der Waals surface area contributed by atoms with Crippen molar-refractivity contribution in [2.75, 3.05) is 36.5 Å². The highest BCUT2D eigenvalue weighted by Gasteiger charge is 2.15. The first-order valence-corrected chi connectivity index (χ1v) is 7.10. The average molecular weight is 260 g/mol. The molecule has 1 aromatic rings. The summed E-state index contributed by atoms with van der Waals surface area (Å²) in [6.45, 7) is 9.59. The van der Waals surface area contributed by atoms with Crippen LogP contribution in [0.2, 0.25) is 0 Å². The molecular formula is C16H24N2O. The fraction of sp³-hybridized carbons (Fsp3) is 0.500. The molecule has 1 aromatic carbocycles. The van der Waals surface area contributed by atoms with Crippen LogP contribution in [0, 0.1) is 0 Å². The summed E-state index contributed by atoms with van der Waals surface area (Å²) in [6.07, 6.45) is 4.14. The second-order valence-electron chi connectivity index (χ2n) is 5.03. The van der Waals surface area contributed by atoms with Crippen molar-refractivity contribution in [2.45, 2.75) is 25.8 Å². The van der Waals surface area contributed by atoms with Gasteiger partial charge in [0.1, 0.15) is 0 Å². The van der Waals surface area contributed by atoms with Gasteiger partial charge in [-0.25, -0.2) is 0 Å². The van der Waals surface area contributed by atoms with E-state index in [0.717, 1.165) is 39.1 Å². The summed E-state index contributed by atoms with van der Waals surface area (Å²) >= 11 is 0. The van der Waals surface area contributed by atoms with Crippen molar-refractivity contribution < 1.29 is 4.74 Å². The number of para-hydroxylation sites is 2. The van der Waals surface area contributed by atoms with E-state index in [4.69, 9.17) is 4.74 Å². The molecule has 1 N–H and O–H groups in total. The van der Waals surface area contributed by atoms with Gasteiger partial charge in [0, 0.05) is 19.1 Å². The largest absolute Gasteiger partial charge is 0.381 e. The molecule has 1 unspecified atom stereocenters. The van der Waals surface area contributed by atoms with E-state index >= 15 is 0 Å². The van der Waals surface area contributed by atoms with Crippen molar-refractivity contribution in [1.82, 2.24) is 0 Å². The van der Waals surface area contributed by atoms with Crippen molar-refractivity contribution in [3.8, 4) is 0 Å². The van der Waals surface area contributed by atoms with E-state index in [2.05, 4.69) is 48.0 Å². The van der Waals surface area contributed by atoms with E-state index < -0.39 is 0 Å². The Morgan fingerprint density at radius 3 is 2.84 bits per heavy atom. The monoisotopic (exact) mass is 260 g/mol. The van der Waals surface area contributed by atoms with Crippen LogP contribution in [0.4, 0.5) is 11.4 Å². The zero-order valence-corrected chi connectivity index (χ0v) is 11.8. The Morgan fingerprint density at radius 2 is 2.11 bits per heavy atom. The van der Waals surface area contributed by atoms with Crippen LogP contribution in [0.15, 0.2) is 36.9 Å². The maximum Gasteiger partial charge on any atom is 0.0642 e. The van der Waals surface area contributed by atoms with Gasteiger partial charge in [-0.3, -0.25) is 0 Å². The Kier molecular flexibility index (Phi) is 5.28. The van der Waals surface area contributed by atoms with Crippen LogP contribution in [0.1, 0.15) is 19.8 Å². The van der Waals surface area contributed by atoms with E-state index in [9.17, 15) is 0 Å². The molecule has 2 rings (SSSR count). The first kappa shape index (κ1) is 13.9. The highest BCUT2D eigenvalue weighted by Crippen LogP contribution is 2.27. The Labute approximate surface area is 116 Å². The van der Waals surface area contributed by atoms with Crippen molar-refractivity contribution in [1.29, 1.82) is 0 Å². The number of nitrogens with one attached hydrogen (secondary N) is 1. The third-order valence-corrected chi connectivity index (χ3v) is 3.46. The molecule has 0 saturated carbocycles. The summed E-state index contributed by atoms with van der Waals surface area (Å²) in [7, 11) is 0. The van der Waals surface area contributed by atoms with Gasteiger partial charge in [0.05, 0.1) is 24.6 Å². The van der Waals surface area contributed by atoms with Crippen molar-refractivity contribution in [2.24, 2.45) is 0 Å². The molecule has 1 saturated heterocycles. The lowest BCUT2D eigenvalue weighted by atomic mass is 10.1. The average Bonchev–Trinajstić information content (AvgIpc) is 2.46. The predicted octanol–water partition coefficient (Wildman–Crippen LogP) is 3.29. The molecule has 1 aliphatic rings. The zero-order chi connectivity index (χ0) is 13.5. The summed E-state index contributed by atoms with van der Waals surface area (Å²) in [5.74, 6) is 0. The number of ether oxygens (including phenoxy) is 1. The van der Waals surface area contributed by atoms with Gasteiger partial charge in [0.2, 0.25) is 0 Å². The van der Waals surface area contributed by atoms with Crippen LogP contribution in [0.3, 0.4) is 0 Å².